The maximum absolute atomic E-state index is 12.3. The fourth-order valence-corrected chi connectivity index (χ4v) is 3.02. The number of aromatic nitrogens is 5. The van der Waals surface area contributed by atoms with Crippen molar-refractivity contribution in [1.82, 2.24) is 30.0 Å². The lowest BCUT2D eigenvalue weighted by Gasteiger charge is -2.16. The van der Waals surface area contributed by atoms with Crippen molar-refractivity contribution in [2.24, 2.45) is 0 Å². The van der Waals surface area contributed by atoms with Gasteiger partial charge in [0.05, 0.1) is 23.2 Å². The van der Waals surface area contributed by atoms with Crippen molar-refractivity contribution in [3.05, 3.63) is 46.3 Å². The fraction of sp³-hybridized carbons (Fsp3) is 0.312. The monoisotopic (exact) mass is 358 g/mol. The van der Waals surface area contributed by atoms with E-state index in [1.54, 1.807) is 25.2 Å². The van der Waals surface area contributed by atoms with E-state index >= 15 is 0 Å². The van der Waals surface area contributed by atoms with Crippen molar-refractivity contribution in [3.8, 4) is 0 Å². The van der Waals surface area contributed by atoms with Crippen molar-refractivity contribution in [1.29, 1.82) is 0 Å². The SMILES string of the molecule is CCc1nc(SCC(=O)N(C)Cc2nc3ccccc3c(=O)[nH]2)n[nH]1. The van der Waals surface area contributed by atoms with Gasteiger partial charge in [-0.3, -0.25) is 14.7 Å². The van der Waals surface area contributed by atoms with Crippen LogP contribution in [0.2, 0.25) is 0 Å². The van der Waals surface area contributed by atoms with Gasteiger partial charge in [0.2, 0.25) is 11.1 Å². The van der Waals surface area contributed by atoms with Crippen LogP contribution in [0.5, 0.6) is 0 Å². The van der Waals surface area contributed by atoms with E-state index < -0.39 is 0 Å². The summed E-state index contributed by atoms with van der Waals surface area (Å²) in [5, 5.41) is 7.95. The van der Waals surface area contributed by atoms with Gasteiger partial charge in [-0.2, -0.15) is 0 Å². The van der Waals surface area contributed by atoms with E-state index in [1.165, 1.54) is 16.7 Å². The second-order valence-corrected chi connectivity index (χ2v) is 6.43. The summed E-state index contributed by atoms with van der Waals surface area (Å²) in [4.78, 5) is 37.2. The summed E-state index contributed by atoms with van der Waals surface area (Å²) < 4.78 is 0. The molecule has 0 fully saturated rings. The zero-order valence-electron chi connectivity index (χ0n) is 13.9. The zero-order chi connectivity index (χ0) is 17.8. The molecular formula is C16H18N6O2S. The zero-order valence-corrected chi connectivity index (χ0v) is 14.8. The summed E-state index contributed by atoms with van der Waals surface area (Å²) >= 11 is 1.27. The Balaban J connectivity index is 1.64. The average molecular weight is 358 g/mol. The third kappa shape index (κ3) is 4.05. The molecule has 0 aliphatic rings. The van der Waals surface area contributed by atoms with E-state index in [1.807, 2.05) is 13.0 Å². The van der Waals surface area contributed by atoms with Crippen LogP contribution in [-0.4, -0.2) is 48.8 Å². The van der Waals surface area contributed by atoms with Crippen LogP contribution in [0.4, 0.5) is 0 Å². The predicted octanol–water partition coefficient (Wildman–Crippen LogP) is 1.35. The van der Waals surface area contributed by atoms with Crippen LogP contribution in [0.3, 0.4) is 0 Å². The number of aryl methyl sites for hydroxylation is 1. The highest BCUT2D eigenvalue weighted by molar-refractivity contribution is 7.99. The third-order valence-electron chi connectivity index (χ3n) is 3.65. The molecule has 0 spiro atoms. The summed E-state index contributed by atoms with van der Waals surface area (Å²) in [6.07, 6.45) is 0.766. The van der Waals surface area contributed by atoms with Crippen LogP contribution >= 0.6 is 11.8 Å². The molecule has 0 atom stereocenters. The molecule has 0 bridgehead atoms. The molecule has 2 aromatic heterocycles. The molecule has 130 valence electrons. The fourth-order valence-electron chi connectivity index (χ4n) is 2.26. The number of carbonyl (C=O) groups is 1. The van der Waals surface area contributed by atoms with Crippen LogP contribution in [0, 0.1) is 0 Å². The number of amides is 1. The number of thioether (sulfide) groups is 1. The van der Waals surface area contributed by atoms with Gasteiger partial charge in [0, 0.05) is 13.5 Å². The van der Waals surface area contributed by atoms with E-state index in [2.05, 4.69) is 25.1 Å². The summed E-state index contributed by atoms with van der Waals surface area (Å²) in [5.41, 5.74) is 0.410. The van der Waals surface area contributed by atoms with Crippen molar-refractivity contribution in [2.75, 3.05) is 12.8 Å². The Bertz CT molecular complexity index is 951. The smallest absolute Gasteiger partial charge is 0.258 e. The molecule has 2 N–H and O–H groups in total. The van der Waals surface area contributed by atoms with Crippen LogP contribution in [0.15, 0.2) is 34.2 Å². The number of aromatic amines is 2. The van der Waals surface area contributed by atoms with E-state index in [9.17, 15) is 9.59 Å². The highest BCUT2D eigenvalue weighted by Crippen LogP contribution is 2.13. The molecule has 1 amide bonds. The highest BCUT2D eigenvalue weighted by Gasteiger charge is 2.13. The molecular weight excluding hydrogens is 340 g/mol. The topological polar surface area (TPSA) is 108 Å². The van der Waals surface area contributed by atoms with Gasteiger partial charge >= 0.3 is 0 Å². The Morgan fingerprint density at radius 3 is 2.80 bits per heavy atom. The Morgan fingerprint density at radius 2 is 2.04 bits per heavy atom. The molecule has 0 aliphatic carbocycles. The number of fused-ring (bicyclic) bond motifs is 1. The van der Waals surface area contributed by atoms with Gasteiger partial charge in [0.1, 0.15) is 11.6 Å². The highest BCUT2D eigenvalue weighted by atomic mass is 32.2. The molecule has 0 aliphatic heterocycles. The largest absolute Gasteiger partial charge is 0.338 e. The minimum atomic E-state index is -0.205. The first-order valence-corrected chi connectivity index (χ1v) is 8.81. The molecule has 0 unspecified atom stereocenters. The summed E-state index contributed by atoms with van der Waals surface area (Å²) in [6.45, 7) is 2.21. The van der Waals surface area contributed by atoms with Gasteiger partial charge in [-0.25, -0.2) is 9.97 Å². The molecule has 25 heavy (non-hydrogen) atoms. The number of para-hydroxylation sites is 1. The lowest BCUT2D eigenvalue weighted by atomic mass is 10.2. The van der Waals surface area contributed by atoms with Crippen LogP contribution in [0.25, 0.3) is 10.9 Å². The molecule has 2 heterocycles. The molecule has 3 rings (SSSR count). The Labute approximate surface area is 148 Å². The minimum absolute atomic E-state index is 0.0938. The van der Waals surface area contributed by atoms with Gasteiger partial charge in [-0.1, -0.05) is 30.8 Å². The Kier molecular flexibility index (Phi) is 5.13. The molecule has 3 aromatic rings. The van der Waals surface area contributed by atoms with Gasteiger partial charge < -0.3 is 9.88 Å². The van der Waals surface area contributed by atoms with E-state index in [0.717, 1.165) is 12.2 Å². The van der Waals surface area contributed by atoms with Gasteiger partial charge in [0.15, 0.2) is 0 Å². The number of nitrogens with zero attached hydrogens (tertiary/aromatic N) is 4. The number of benzene rings is 1. The molecule has 8 nitrogen and oxygen atoms in total. The first-order valence-electron chi connectivity index (χ1n) is 7.82. The number of hydrogen-bond donors (Lipinski definition) is 2. The van der Waals surface area contributed by atoms with Crippen LogP contribution < -0.4 is 5.56 Å². The van der Waals surface area contributed by atoms with E-state index in [4.69, 9.17) is 0 Å². The van der Waals surface area contributed by atoms with Crippen molar-refractivity contribution >= 4 is 28.6 Å². The molecule has 0 saturated carbocycles. The summed E-state index contributed by atoms with van der Waals surface area (Å²) in [7, 11) is 1.67. The van der Waals surface area contributed by atoms with Crippen LogP contribution in [-0.2, 0) is 17.8 Å². The van der Waals surface area contributed by atoms with Crippen LogP contribution in [0.1, 0.15) is 18.6 Å². The maximum atomic E-state index is 12.3. The summed E-state index contributed by atoms with van der Waals surface area (Å²) in [5.74, 6) is 1.37. The lowest BCUT2D eigenvalue weighted by Crippen LogP contribution is -2.29. The molecule has 1 aromatic carbocycles. The molecule has 0 saturated heterocycles. The van der Waals surface area contributed by atoms with Crippen molar-refractivity contribution in [3.63, 3.8) is 0 Å². The number of nitrogens with one attached hydrogen (secondary N) is 2. The number of H-pyrrole nitrogens is 2. The lowest BCUT2D eigenvalue weighted by molar-refractivity contribution is -0.127. The van der Waals surface area contributed by atoms with Gasteiger partial charge in [0.25, 0.3) is 5.56 Å². The Morgan fingerprint density at radius 1 is 1.24 bits per heavy atom. The minimum Gasteiger partial charge on any atom is -0.338 e. The van der Waals surface area contributed by atoms with Gasteiger partial charge in [-0.05, 0) is 12.1 Å². The molecule has 9 heteroatoms. The standard InChI is InChI=1S/C16H18N6O2S/c1-3-12-19-16(21-20-12)25-9-14(23)22(2)8-13-17-11-7-5-4-6-10(11)15(24)18-13/h4-7H,3,8-9H2,1-2H3,(H,17,18,24)(H,19,20,21). The van der Waals surface area contributed by atoms with Crippen molar-refractivity contribution in [2.45, 2.75) is 25.0 Å². The Hall–Kier alpha value is -2.68. The second-order valence-electron chi connectivity index (χ2n) is 5.49. The second kappa shape index (κ2) is 7.47. The average Bonchev–Trinajstić information content (AvgIpc) is 3.07. The third-order valence-corrected chi connectivity index (χ3v) is 4.48. The normalized spacial score (nSPS) is 11.0. The summed E-state index contributed by atoms with van der Waals surface area (Å²) in [6, 6.07) is 7.11. The first kappa shape index (κ1) is 17.2. The van der Waals surface area contributed by atoms with Crippen molar-refractivity contribution < 1.29 is 4.79 Å². The predicted molar refractivity (Wildman–Crippen MR) is 95.3 cm³/mol. The number of carbonyl (C=O) groups excluding carboxylic acids is 1. The number of hydrogen-bond acceptors (Lipinski definition) is 6. The number of rotatable bonds is 6. The molecule has 0 radical (unpaired) electrons. The maximum Gasteiger partial charge on any atom is 0.258 e. The quantitative estimate of drug-likeness (QED) is 0.644. The first-order chi connectivity index (χ1) is 12.1. The van der Waals surface area contributed by atoms with E-state index in [0.29, 0.717) is 21.9 Å². The van der Waals surface area contributed by atoms with Gasteiger partial charge in [-0.15, -0.1) is 5.10 Å². The van der Waals surface area contributed by atoms with E-state index in [-0.39, 0.29) is 23.8 Å².